The molecule has 1 fully saturated rings. The number of nitrogens with one attached hydrogen (secondary N) is 4. The van der Waals surface area contributed by atoms with Crippen LogP contribution in [-0.2, 0) is 36.8 Å². The smallest absolute Gasteiger partial charge is 0.245 e. The summed E-state index contributed by atoms with van der Waals surface area (Å²) in [6, 6.07) is 5.65. The van der Waals surface area contributed by atoms with Gasteiger partial charge in [0.2, 0.25) is 29.5 Å². The standard InChI is InChI=1S/C29H40N6O6S/c1-17(2)25-29(41)32-21(14-20-8-6-5-7-9-20)27(39)34-26(19(4)36)28(40)30-12-13-35(15-23(37)33-25)24(38)11-10-22-18(3)31-16-42-22/h5-9,16-17,19,21,25-26,36H,10-15H2,1-4H3,(H,30,40)(H,32,41)(H,33,37)(H,34,39)/t19-,21+,25-,26+/m1/s1. The minimum absolute atomic E-state index is 0.00924. The lowest BCUT2D eigenvalue weighted by molar-refractivity contribution is -0.137. The van der Waals surface area contributed by atoms with Crippen LogP contribution in [0.25, 0.3) is 0 Å². The van der Waals surface area contributed by atoms with Gasteiger partial charge in [-0.2, -0.15) is 0 Å². The van der Waals surface area contributed by atoms with Crippen molar-refractivity contribution in [2.45, 2.75) is 71.2 Å². The lowest BCUT2D eigenvalue weighted by Gasteiger charge is -2.27. The van der Waals surface area contributed by atoms with Gasteiger partial charge in [0, 0.05) is 30.8 Å². The summed E-state index contributed by atoms with van der Waals surface area (Å²) in [6.45, 7) is 6.43. The maximum Gasteiger partial charge on any atom is 0.245 e. The highest BCUT2D eigenvalue weighted by Gasteiger charge is 2.33. The molecule has 2 heterocycles. The maximum absolute atomic E-state index is 13.4. The van der Waals surface area contributed by atoms with Crippen molar-refractivity contribution in [2.24, 2.45) is 5.92 Å². The molecule has 0 aliphatic carbocycles. The van der Waals surface area contributed by atoms with Crippen LogP contribution in [0.4, 0.5) is 0 Å². The Morgan fingerprint density at radius 3 is 2.36 bits per heavy atom. The van der Waals surface area contributed by atoms with Crippen LogP contribution in [0.1, 0.15) is 43.3 Å². The fraction of sp³-hybridized carbons (Fsp3) is 0.517. The summed E-state index contributed by atoms with van der Waals surface area (Å²) < 4.78 is 0. The van der Waals surface area contributed by atoms with Gasteiger partial charge < -0.3 is 31.3 Å². The number of hydrogen-bond acceptors (Lipinski definition) is 8. The number of rotatable bonds is 7. The highest BCUT2D eigenvalue weighted by molar-refractivity contribution is 7.09. The second-order valence-electron chi connectivity index (χ2n) is 10.7. The Kier molecular flexibility index (Phi) is 12.0. The first-order chi connectivity index (χ1) is 20.0. The molecule has 0 radical (unpaired) electrons. The fourth-order valence-corrected chi connectivity index (χ4v) is 5.35. The summed E-state index contributed by atoms with van der Waals surface area (Å²) in [5, 5.41) is 21.0. The third-order valence-electron chi connectivity index (χ3n) is 7.02. The number of nitrogens with zero attached hydrogens (tertiary/aromatic N) is 2. The third kappa shape index (κ3) is 9.35. The van der Waals surface area contributed by atoms with Crippen LogP contribution in [0.2, 0.25) is 0 Å². The van der Waals surface area contributed by atoms with Gasteiger partial charge >= 0.3 is 0 Å². The van der Waals surface area contributed by atoms with Gasteiger partial charge in [0.25, 0.3) is 0 Å². The molecule has 1 aromatic heterocycles. The first-order valence-corrected chi connectivity index (χ1v) is 14.9. The predicted molar refractivity (Wildman–Crippen MR) is 157 cm³/mol. The lowest BCUT2D eigenvalue weighted by atomic mass is 10.0. The number of benzene rings is 1. The summed E-state index contributed by atoms with van der Waals surface area (Å²) in [6.07, 6.45) is -0.543. The second kappa shape index (κ2) is 15.4. The van der Waals surface area contributed by atoms with Crippen LogP contribution >= 0.6 is 11.3 Å². The first-order valence-electron chi connectivity index (χ1n) is 14.0. The number of hydrogen-bond donors (Lipinski definition) is 5. The minimum Gasteiger partial charge on any atom is -0.391 e. The van der Waals surface area contributed by atoms with E-state index in [1.54, 1.807) is 43.6 Å². The molecule has 0 saturated carbocycles. The molecule has 1 saturated heterocycles. The van der Waals surface area contributed by atoms with E-state index in [1.807, 2.05) is 13.0 Å². The van der Waals surface area contributed by atoms with E-state index < -0.39 is 47.9 Å². The Hall–Kier alpha value is -3.84. The molecule has 0 spiro atoms. The van der Waals surface area contributed by atoms with Crippen molar-refractivity contribution in [1.82, 2.24) is 31.2 Å². The van der Waals surface area contributed by atoms with Crippen LogP contribution in [0, 0.1) is 12.8 Å². The highest BCUT2D eigenvalue weighted by Crippen LogP contribution is 2.15. The zero-order valence-electron chi connectivity index (χ0n) is 24.4. The van der Waals surface area contributed by atoms with Crippen molar-refractivity contribution in [3.63, 3.8) is 0 Å². The van der Waals surface area contributed by atoms with Crippen LogP contribution in [0.5, 0.6) is 0 Å². The monoisotopic (exact) mass is 600 g/mol. The summed E-state index contributed by atoms with van der Waals surface area (Å²) in [4.78, 5) is 72.6. The Bertz CT molecular complexity index is 1250. The maximum atomic E-state index is 13.4. The van der Waals surface area contributed by atoms with Crippen LogP contribution in [0.15, 0.2) is 35.8 Å². The normalized spacial score (nSPS) is 21.9. The largest absolute Gasteiger partial charge is 0.391 e. The van der Waals surface area contributed by atoms with E-state index in [9.17, 15) is 29.1 Å². The molecule has 42 heavy (non-hydrogen) atoms. The molecule has 228 valence electrons. The molecular formula is C29H40N6O6S. The van der Waals surface area contributed by atoms with E-state index in [0.29, 0.717) is 6.42 Å². The van der Waals surface area contributed by atoms with Crippen molar-refractivity contribution in [3.8, 4) is 0 Å². The van der Waals surface area contributed by atoms with E-state index in [1.165, 1.54) is 23.2 Å². The Morgan fingerprint density at radius 1 is 1.02 bits per heavy atom. The molecule has 12 nitrogen and oxygen atoms in total. The molecule has 0 bridgehead atoms. The second-order valence-corrected chi connectivity index (χ2v) is 11.7. The van der Waals surface area contributed by atoms with Crippen LogP contribution < -0.4 is 21.3 Å². The molecule has 5 N–H and O–H groups in total. The number of carbonyl (C=O) groups excluding carboxylic acids is 5. The van der Waals surface area contributed by atoms with Crippen molar-refractivity contribution in [3.05, 3.63) is 52.0 Å². The summed E-state index contributed by atoms with van der Waals surface area (Å²) in [7, 11) is 0. The van der Waals surface area contributed by atoms with E-state index in [0.717, 1.165) is 16.1 Å². The quantitative estimate of drug-likeness (QED) is 0.300. The average molecular weight is 601 g/mol. The van der Waals surface area contributed by atoms with Gasteiger partial charge in [0.05, 0.1) is 23.9 Å². The van der Waals surface area contributed by atoms with Gasteiger partial charge in [-0.05, 0) is 31.7 Å². The average Bonchev–Trinajstić information content (AvgIpc) is 3.36. The Labute approximate surface area is 249 Å². The highest BCUT2D eigenvalue weighted by atomic mass is 32.1. The van der Waals surface area contributed by atoms with E-state index in [4.69, 9.17) is 0 Å². The van der Waals surface area contributed by atoms with Gasteiger partial charge in [-0.25, -0.2) is 4.98 Å². The Balaban J connectivity index is 1.86. The van der Waals surface area contributed by atoms with E-state index in [-0.39, 0.29) is 44.3 Å². The molecule has 0 unspecified atom stereocenters. The predicted octanol–water partition coefficient (Wildman–Crippen LogP) is 0.0764. The molecule has 1 aliphatic heterocycles. The fourth-order valence-electron chi connectivity index (χ4n) is 4.57. The van der Waals surface area contributed by atoms with Gasteiger partial charge in [0.1, 0.15) is 18.1 Å². The summed E-state index contributed by atoms with van der Waals surface area (Å²) >= 11 is 1.45. The van der Waals surface area contributed by atoms with E-state index in [2.05, 4.69) is 26.3 Å². The zero-order chi connectivity index (χ0) is 30.8. The SMILES string of the molecule is Cc1ncsc1CCC(=O)N1CCNC(=O)[C@H]([C@@H](C)O)NC(=O)[C@H](Cc2ccccc2)NC(=O)[C@@H](C(C)C)NC(=O)C1. The van der Waals surface area contributed by atoms with Gasteiger partial charge in [-0.1, -0.05) is 44.2 Å². The number of aryl methyl sites for hydroxylation is 2. The summed E-state index contributed by atoms with van der Waals surface area (Å²) in [5.41, 5.74) is 3.32. The Morgan fingerprint density at radius 2 is 1.74 bits per heavy atom. The van der Waals surface area contributed by atoms with Crippen molar-refractivity contribution in [1.29, 1.82) is 0 Å². The molecule has 1 aliphatic rings. The minimum atomic E-state index is -1.31. The zero-order valence-corrected chi connectivity index (χ0v) is 25.2. The molecule has 13 heteroatoms. The van der Waals surface area contributed by atoms with Crippen molar-refractivity contribution < 1.29 is 29.1 Å². The van der Waals surface area contributed by atoms with Crippen LogP contribution in [-0.4, -0.2) is 88.4 Å². The number of aromatic nitrogens is 1. The van der Waals surface area contributed by atoms with E-state index >= 15 is 0 Å². The third-order valence-corrected chi connectivity index (χ3v) is 8.02. The number of carbonyl (C=O) groups is 5. The molecule has 4 atom stereocenters. The van der Waals surface area contributed by atoms with Crippen molar-refractivity contribution >= 4 is 40.9 Å². The summed E-state index contributed by atoms with van der Waals surface area (Å²) in [5.74, 6) is -3.08. The molecular weight excluding hydrogens is 560 g/mol. The number of amides is 5. The van der Waals surface area contributed by atoms with Gasteiger partial charge in [-0.15, -0.1) is 11.3 Å². The number of thiazole rings is 1. The molecule has 5 amide bonds. The van der Waals surface area contributed by atoms with Gasteiger partial charge in [-0.3, -0.25) is 24.0 Å². The number of aliphatic hydroxyl groups excluding tert-OH is 1. The topological polar surface area (TPSA) is 170 Å². The lowest BCUT2D eigenvalue weighted by Crippen LogP contribution is -2.60. The number of aliphatic hydroxyl groups is 1. The van der Waals surface area contributed by atoms with Crippen molar-refractivity contribution in [2.75, 3.05) is 19.6 Å². The molecule has 3 rings (SSSR count). The van der Waals surface area contributed by atoms with Gasteiger partial charge in [0.15, 0.2) is 0 Å². The molecule has 1 aromatic carbocycles. The first kappa shape index (κ1) is 32.7. The van der Waals surface area contributed by atoms with Crippen LogP contribution in [0.3, 0.4) is 0 Å². The molecule has 2 aromatic rings.